The smallest absolute Gasteiger partial charge is 0.305 e. The number of pyridine rings is 1. The maximum absolute atomic E-state index is 12.4. The van der Waals surface area contributed by atoms with Crippen molar-refractivity contribution in [2.75, 3.05) is 13.7 Å². The van der Waals surface area contributed by atoms with Crippen LogP contribution in [-0.2, 0) is 9.53 Å². The Bertz CT molecular complexity index is 506. The van der Waals surface area contributed by atoms with Crippen LogP contribution in [0, 0.1) is 0 Å². The molecule has 1 aromatic rings. The molecular formula is C13H15ClN2O4. The lowest BCUT2D eigenvalue weighted by atomic mass is 10.1. The van der Waals surface area contributed by atoms with Crippen LogP contribution in [-0.4, -0.2) is 52.7 Å². The van der Waals surface area contributed by atoms with E-state index in [1.807, 2.05) is 0 Å². The fourth-order valence-electron chi connectivity index (χ4n) is 2.34. The van der Waals surface area contributed by atoms with E-state index in [1.54, 1.807) is 13.2 Å². The molecule has 0 bridgehead atoms. The van der Waals surface area contributed by atoms with Crippen molar-refractivity contribution in [3.63, 3.8) is 0 Å². The van der Waals surface area contributed by atoms with E-state index in [2.05, 4.69) is 4.98 Å². The zero-order valence-corrected chi connectivity index (χ0v) is 11.7. The highest BCUT2D eigenvalue weighted by Crippen LogP contribution is 2.24. The number of carboxylic acids is 1. The van der Waals surface area contributed by atoms with Gasteiger partial charge in [0.05, 0.1) is 17.5 Å². The molecule has 2 rings (SSSR count). The minimum Gasteiger partial charge on any atom is -0.481 e. The number of rotatable bonds is 4. The number of methoxy groups -OCH3 is 1. The van der Waals surface area contributed by atoms with Crippen molar-refractivity contribution in [1.29, 1.82) is 0 Å². The van der Waals surface area contributed by atoms with Gasteiger partial charge in [0, 0.05) is 25.9 Å². The van der Waals surface area contributed by atoms with E-state index < -0.39 is 5.97 Å². The fraction of sp³-hybridized carbons (Fsp3) is 0.462. The number of nitrogens with zero attached hydrogens (tertiary/aromatic N) is 2. The third-order valence-corrected chi connectivity index (χ3v) is 3.55. The molecule has 2 unspecified atom stereocenters. The highest BCUT2D eigenvalue weighted by Gasteiger charge is 2.37. The van der Waals surface area contributed by atoms with Crippen molar-refractivity contribution in [2.24, 2.45) is 0 Å². The van der Waals surface area contributed by atoms with Gasteiger partial charge in [0.2, 0.25) is 0 Å². The summed E-state index contributed by atoms with van der Waals surface area (Å²) in [7, 11) is 1.55. The molecule has 0 aliphatic carbocycles. The summed E-state index contributed by atoms with van der Waals surface area (Å²) in [5.74, 6) is -1.24. The molecule has 1 amide bonds. The van der Waals surface area contributed by atoms with E-state index in [9.17, 15) is 9.59 Å². The molecule has 0 radical (unpaired) electrons. The Hall–Kier alpha value is -1.66. The highest BCUT2D eigenvalue weighted by atomic mass is 35.5. The maximum atomic E-state index is 12.4. The van der Waals surface area contributed by atoms with Gasteiger partial charge in [-0.25, -0.2) is 4.98 Å². The molecule has 0 saturated carbocycles. The summed E-state index contributed by atoms with van der Waals surface area (Å²) in [6, 6.07) is 2.74. The zero-order valence-electron chi connectivity index (χ0n) is 11.0. The topological polar surface area (TPSA) is 79.7 Å². The Morgan fingerprint density at radius 3 is 2.85 bits per heavy atom. The van der Waals surface area contributed by atoms with Gasteiger partial charge in [-0.2, -0.15) is 0 Å². The largest absolute Gasteiger partial charge is 0.481 e. The Morgan fingerprint density at radius 2 is 2.30 bits per heavy atom. The predicted octanol–water partition coefficient (Wildman–Crippen LogP) is 1.44. The molecule has 1 saturated heterocycles. The monoisotopic (exact) mass is 298 g/mol. The first kappa shape index (κ1) is 14.7. The molecular weight excluding hydrogens is 284 g/mol. The molecule has 7 heteroatoms. The number of carbonyl (C=O) groups is 2. The summed E-state index contributed by atoms with van der Waals surface area (Å²) < 4.78 is 5.23. The molecule has 108 valence electrons. The quantitative estimate of drug-likeness (QED) is 0.910. The van der Waals surface area contributed by atoms with Crippen LogP contribution in [0.5, 0.6) is 0 Å². The first-order valence-corrected chi connectivity index (χ1v) is 6.56. The van der Waals surface area contributed by atoms with Gasteiger partial charge in [-0.15, -0.1) is 0 Å². The van der Waals surface area contributed by atoms with Gasteiger partial charge in [-0.05, 0) is 18.6 Å². The summed E-state index contributed by atoms with van der Waals surface area (Å²) in [4.78, 5) is 28.8. The number of halogens is 1. The van der Waals surface area contributed by atoms with Crippen molar-refractivity contribution in [3.8, 4) is 0 Å². The summed E-state index contributed by atoms with van der Waals surface area (Å²) in [6.07, 6.45) is 1.67. The second-order valence-corrected chi connectivity index (χ2v) is 5.10. The number of likely N-dealkylation sites (tertiary alicyclic amines) is 1. The summed E-state index contributed by atoms with van der Waals surface area (Å²) >= 11 is 5.73. The van der Waals surface area contributed by atoms with Crippen LogP contribution in [0.1, 0.15) is 23.3 Å². The second-order valence-electron chi connectivity index (χ2n) is 4.66. The summed E-state index contributed by atoms with van der Waals surface area (Å²) in [6.45, 7) is 0.373. The van der Waals surface area contributed by atoms with Crippen molar-refractivity contribution in [1.82, 2.24) is 9.88 Å². The average molecular weight is 299 g/mol. The van der Waals surface area contributed by atoms with Gasteiger partial charge in [0.15, 0.2) is 0 Å². The first-order valence-electron chi connectivity index (χ1n) is 6.18. The molecule has 1 aliphatic rings. The second kappa shape index (κ2) is 6.19. The number of amides is 1. The Labute approximate surface area is 121 Å². The lowest BCUT2D eigenvalue weighted by Gasteiger charge is -2.22. The van der Waals surface area contributed by atoms with E-state index in [0.717, 1.165) is 0 Å². The Morgan fingerprint density at radius 1 is 1.55 bits per heavy atom. The van der Waals surface area contributed by atoms with Gasteiger partial charge < -0.3 is 14.7 Å². The molecule has 1 aromatic heterocycles. The number of hydrogen-bond acceptors (Lipinski definition) is 4. The van der Waals surface area contributed by atoms with Crippen molar-refractivity contribution >= 4 is 23.5 Å². The van der Waals surface area contributed by atoms with Gasteiger partial charge in [0.25, 0.3) is 5.91 Å². The molecule has 1 fully saturated rings. The van der Waals surface area contributed by atoms with Gasteiger partial charge >= 0.3 is 5.97 Å². The molecule has 2 atom stereocenters. The highest BCUT2D eigenvalue weighted by molar-refractivity contribution is 6.30. The van der Waals surface area contributed by atoms with Crippen molar-refractivity contribution in [3.05, 3.63) is 29.0 Å². The third-order valence-electron chi connectivity index (χ3n) is 3.33. The lowest BCUT2D eigenvalue weighted by molar-refractivity contribution is -0.137. The van der Waals surface area contributed by atoms with E-state index in [-0.39, 0.29) is 30.2 Å². The number of hydrogen-bond donors (Lipinski definition) is 1. The van der Waals surface area contributed by atoms with Crippen LogP contribution in [0.25, 0.3) is 0 Å². The van der Waals surface area contributed by atoms with Crippen molar-refractivity contribution in [2.45, 2.75) is 25.0 Å². The molecule has 20 heavy (non-hydrogen) atoms. The predicted molar refractivity (Wildman–Crippen MR) is 71.7 cm³/mol. The Kier molecular flexibility index (Phi) is 4.57. The minimum absolute atomic E-state index is 0.0980. The van der Waals surface area contributed by atoms with Crippen LogP contribution in [0.3, 0.4) is 0 Å². The summed E-state index contributed by atoms with van der Waals surface area (Å²) in [5, 5.41) is 9.37. The minimum atomic E-state index is -0.936. The zero-order chi connectivity index (χ0) is 14.7. The molecule has 6 nitrogen and oxygen atoms in total. The first-order chi connectivity index (χ1) is 9.51. The van der Waals surface area contributed by atoms with Crippen LogP contribution >= 0.6 is 11.6 Å². The van der Waals surface area contributed by atoms with Crippen molar-refractivity contribution < 1.29 is 19.4 Å². The van der Waals surface area contributed by atoms with Crippen LogP contribution in [0.4, 0.5) is 0 Å². The fourth-order valence-corrected chi connectivity index (χ4v) is 2.45. The number of ether oxygens (including phenoxy) is 1. The van der Waals surface area contributed by atoms with Gasteiger partial charge in [-0.3, -0.25) is 9.59 Å². The van der Waals surface area contributed by atoms with E-state index in [4.69, 9.17) is 21.4 Å². The number of carboxylic acid groups (broad SMARTS) is 1. The maximum Gasteiger partial charge on any atom is 0.305 e. The van der Waals surface area contributed by atoms with Gasteiger partial charge in [0.1, 0.15) is 5.69 Å². The van der Waals surface area contributed by atoms with Crippen LogP contribution < -0.4 is 0 Å². The molecule has 1 N–H and O–H groups in total. The van der Waals surface area contributed by atoms with E-state index in [1.165, 1.54) is 17.2 Å². The average Bonchev–Trinajstić information content (AvgIpc) is 2.81. The van der Waals surface area contributed by atoms with Crippen LogP contribution in [0.2, 0.25) is 5.02 Å². The number of carbonyl (C=O) groups excluding carboxylic acids is 1. The number of aliphatic carboxylic acids is 1. The third kappa shape index (κ3) is 3.26. The van der Waals surface area contributed by atoms with E-state index >= 15 is 0 Å². The Balaban J connectivity index is 2.17. The SMILES string of the molecule is COC1CC(CC(=O)O)N(C(=O)c2ccc(Cl)cn2)C1. The van der Waals surface area contributed by atoms with Crippen LogP contribution in [0.15, 0.2) is 18.3 Å². The molecule has 0 spiro atoms. The number of aromatic nitrogens is 1. The standard InChI is InChI=1S/C13H15ClN2O4/c1-20-10-4-9(5-12(17)18)16(7-10)13(19)11-3-2-8(14)6-15-11/h2-3,6,9-10H,4-5,7H2,1H3,(H,17,18). The molecule has 1 aliphatic heterocycles. The summed E-state index contributed by atoms with van der Waals surface area (Å²) in [5.41, 5.74) is 0.251. The normalized spacial score (nSPS) is 22.0. The lowest BCUT2D eigenvalue weighted by Crippen LogP contribution is -2.37. The molecule has 2 heterocycles. The van der Waals surface area contributed by atoms with E-state index in [0.29, 0.717) is 18.0 Å². The van der Waals surface area contributed by atoms with Gasteiger partial charge in [-0.1, -0.05) is 11.6 Å². The molecule has 0 aromatic carbocycles.